The van der Waals surface area contributed by atoms with Gasteiger partial charge in [0.05, 0.1) is 23.4 Å². The molecule has 32 heavy (non-hydrogen) atoms. The highest BCUT2D eigenvalue weighted by molar-refractivity contribution is 7.22. The van der Waals surface area contributed by atoms with Crippen LogP contribution in [0, 0.1) is 0 Å². The average Bonchev–Trinajstić information content (AvgIpc) is 3.39. The van der Waals surface area contributed by atoms with E-state index in [4.69, 9.17) is 19.1 Å². The van der Waals surface area contributed by atoms with Crippen LogP contribution >= 0.6 is 11.3 Å². The molecule has 0 amide bonds. The summed E-state index contributed by atoms with van der Waals surface area (Å²) in [6.45, 7) is 3.33. The third-order valence-electron chi connectivity index (χ3n) is 6.55. The highest BCUT2D eigenvalue weighted by Crippen LogP contribution is 2.34. The van der Waals surface area contributed by atoms with E-state index in [0.29, 0.717) is 6.04 Å². The molecule has 1 aliphatic carbocycles. The van der Waals surface area contributed by atoms with E-state index in [1.54, 1.807) is 11.3 Å². The van der Waals surface area contributed by atoms with E-state index in [1.807, 2.05) is 6.07 Å². The minimum atomic E-state index is 0.564. The predicted molar refractivity (Wildman–Crippen MR) is 129 cm³/mol. The third kappa shape index (κ3) is 3.62. The molecule has 7 nitrogen and oxygen atoms in total. The van der Waals surface area contributed by atoms with Crippen LogP contribution in [0.5, 0.6) is 0 Å². The standard InChI is InChI=1S/C24H27N5O2S/c1-28(2)16-4-7-20-18(14-16)17-5-8-22(27-23(17)31-20)25-15-3-6-19-21(13-15)32-24(26-19)29-9-11-30-12-10-29/h3,5-6,8,13,16H,4,7,9-12,14H2,1-2H3,(H,25,27)/t16-/m1/s1. The van der Waals surface area contributed by atoms with Gasteiger partial charge in [0.15, 0.2) is 5.13 Å². The number of rotatable bonds is 4. The number of thiazole rings is 1. The molecule has 2 aliphatic rings. The number of pyridine rings is 1. The van der Waals surface area contributed by atoms with Crippen LogP contribution in [-0.4, -0.2) is 61.3 Å². The van der Waals surface area contributed by atoms with Crippen LogP contribution in [0.2, 0.25) is 0 Å². The maximum atomic E-state index is 6.14. The fourth-order valence-corrected chi connectivity index (χ4v) is 5.73. The molecule has 8 heteroatoms. The molecule has 4 aromatic rings. The first kappa shape index (κ1) is 20.0. The maximum absolute atomic E-state index is 6.14. The second-order valence-corrected chi connectivity index (χ2v) is 9.83. The van der Waals surface area contributed by atoms with E-state index in [2.05, 4.69) is 53.5 Å². The summed E-state index contributed by atoms with van der Waals surface area (Å²) in [5.74, 6) is 1.90. The van der Waals surface area contributed by atoms with Crippen molar-refractivity contribution >= 4 is 49.3 Å². The number of nitrogens with zero attached hydrogens (tertiary/aromatic N) is 4. The van der Waals surface area contributed by atoms with Gasteiger partial charge >= 0.3 is 0 Å². The van der Waals surface area contributed by atoms with Crippen LogP contribution < -0.4 is 10.2 Å². The number of anilines is 3. The zero-order valence-corrected chi connectivity index (χ0v) is 19.2. The minimum absolute atomic E-state index is 0.564. The molecule has 1 atom stereocenters. The smallest absolute Gasteiger partial charge is 0.228 e. The Labute approximate surface area is 191 Å². The van der Waals surface area contributed by atoms with Crippen molar-refractivity contribution in [1.82, 2.24) is 14.9 Å². The zero-order valence-electron chi connectivity index (χ0n) is 18.4. The van der Waals surface area contributed by atoms with Crippen LogP contribution in [0.25, 0.3) is 21.3 Å². The number of nitrogens with one attached hydrogen (secondary N) is 1. The normalized spacial score (nSPS) is 19.1. The summed E-state index contributed by atoms with van der Waals surface area (Å²) in [5, 5.41) is 5.66. The predicted octanol–water partition coefficient (Wildman–Crippen LogP) is 4.44. The van der Waals surface area contributed by atoms with Crippen molar-refractivity contribution in [3.8, 4) is 0 Å². The Kier molecular flexibility index (Phi) is 5.01. The van der Waals surface area contributed by atoms with Gasteiger partial charge in [-0.2, -0.15) is 4.98 Å². The van der Waals surface area contributed by atoms with Crippen molar-refractivity contribution < 1.29 is 9.15 Å². The second-order valence-electron chi connectivity index (χ2n) is 8.82. The maximum Gasteiger partial charge on any atom is 0.228 e. The Morgan fingerprint density at radius 1 is 1.12 bits per heavy atom. The van der Waals surface area contributed by atoms with Gasteiger partial charge in [-0.15, -0.1) is 0 Å². The number of morpholine rings is 1. The SMILES string of the molecule is CN(C)[C@@H]1CCc2oc3nc(Nc4ccc5nc(N6CCOCC6)sc5c4)ccc3c2C1. The molecule has 1 fully saturated rings. The fourth-order valence-electron chi connectivity index (χ4n) is 4.68. The van der Waals surface area contributed by atoms with Gasteiger partial charge in [0, 0.05) is 42.2 Å². The van der Waals surface area contributed by atoms with E-state index in [-0.39, 0.29) is 0 Å². The summed E-state index contributed by atoms with van der Waals surface area (Å²) in [5.41, 5.74) is 4.09. The summed E-state index contributed by atoms with van der Waals surface area (Å²) in [6, 6.07) is 11.0. The molecule has 1 N–H and O–H groups in total. The number of aromatic nitrogens is 2. The number of hydrogen-bond donors (Lipinski definition) is 1. The highest BCUT2D eigenvalue weighted by atomic mass is 32.1. The van der Waals surface area contributed by atoms with Gasteiger partial charge in [0.25, 0.3) is 0 Å². The molecule has 0 spiro atoms. The van der Waals surface area contributed by atoms with Crippen molar-refractivity contribution in [3.63, 3.8) is 0 Å². The van der Waals surface area contributed by atoms with Crippen LogP contribution in [0.15, 0.2) is 34.7 Å². The Morgan fingerprint density at radius 2 is 2.00 bits per heavy atom. The molecular formula is C24H27N5O2S. The quantitative estimate of drug-likeness (QED) is 0.494. The molecule has 1 aliphatic heterocycles. The summed E-state index contributed by atoms with van der Waals surface area (Å²) in [6.07, 6.45) is 3.13. The number of furan rings is 1. The van der Waals surface area contributed by atoms with E-state index in [1.165, 1.54) is 10.3 Å². The Hall–Kier alpha value is -2.68. The number of likely N-dealkylation sites (N-methyl/N-ethyl adjacent to an activating group) is 1. The molecule has 0 saturated carbocycles. The van der Waals surface area contributed by atoms with Gasteiger partial charge in [-0.1, -0.05) is 11.3 Å². The number of aryl methyl sites for hydroxylation is 1. The summed E-state index contributed by atoms with van der Waals surface area (Å²) in [7, 11) is 4.31. The molecule has 4 heterocycles. The molecule has 0 radical (unpaired) electrons. The van der Waals surface area contributed by atoms with Crippen molar-refractivity contribution in [3.05, 3.63) is 41.7 Å². The lowest BCUT2D eigenvalue weighted by molar-refractivity contribution is 0.122. The number of ether oxygens (including phenoxy) is 1. The molecule has 1 saturated heterocycles. The molecule has 6 rings (SSSR count). The third-order valence-corrected chi connectivity index (χ3v) is 7.63. The molecule has 3 aromatic heterocycles. The van der Waals surface area contributed by atoms with Gasteiger partial charge in [0.1, 0.15) is 11.6 Å². The highest BCUT2D eigenvalue weighted by Gasteiger charge is 2.26. The molecule has 1 aromatic carbocycles. The summed E-state index contributed by atoms with van der Waals surface area (Å²) >= 11 is 1.73. The Balaban J connectivity index is 1.25. The van der Waals surface area contributed by atoms with Gasteiger partial charge in [-0.05, 0) is 57.3 Å². The van der Waals surface area contributed by atoms with E-state index < -0.39 is 0 Å². The van der Waals surface area contributed by atoms with Crippen LogP contribution in [0.4, 0.5) is 16.6 Å². The van der Waals surface area contributed by atoms with E-state index >= 15 is 0 Å². The molecule has 166 valence electrons. The van der Waals surface area contributed by atoms with Gasteiger partial charge in [-0.3, -0.25) is 0 Å². The average molecular weight is 450 g/mol. The second kappa shape index (κ2) is 8.03. The lowest BCUT2D eigenvalue weighted by Crippen LogP contribution is -2.36. The first-order chi connectivity index (χ1) is 15.6. The Morgan fingerprint density at radius 3 is 2.84 bits per heavy atom. The largest absolute Gasteiger partial charge is 0.442 e. The summed E-state index contributed by atoms with van der Waals surface area (Å²) in [4.78, 5) is 14.2. The van der Waals surface area contributed by atoms with Crippen LogP contribution in [-0.2, 0) is 17.6 Å². The molecular weight excluding hydrogens is 422 g/mol. The number of fused-ring (bicyclic) bond motifs is 4. The first-order valence-electron chi connectivity index (χ1n) is 11.2. The zero-order chi connectivity index (χ0) is 21.7. The topological polar surface area (TPSA) is 66.7 Å². The first-order valence-corrected chi connectivity index (χ1v) is 12.0. The fraction of sp³-hybridized carbons (Fsp3) is 0.417. The van der Waals surface area contributed by atoms with Gasteiger partial charge in [0.2, 0.25) is 5.71 Å². The van der Waals surface area contributed by atoms with Crippen LogP contribution in [0.1, 0.15) is 17.7 Å². The number of benzene rings is 1. The van der Waals surface area contributed by atoms with E-state index in [9.17, 15) is 0 Å². The number of hydrogen-bond acceptors (Lipinski definition) is 8. The lowest BCUT2D eigenvalue weighted by Gasteiger charge is -2.27. The van der Waals surface area contributed by atoms with Gasteiger partial charge < -0.3 is 24.3 Å². The van der Waals surface area contributed by atoms with Crippen molar-refractivity contribution in [2.24, 2.45) is 0 Å². The van der Waals surface area contributed by atoms with Gasteiger partial charge in [-0.25, -0.2) is 4.98 Å². The molecule has 0 unspecified atom stereocenters. The lowest BCUT2D eigenvalue weighted by atomic mass is 9.91. The monoisotopic (exact) mass is 449 g/mol. The minimum Gasteiger partial charge on any atom is -0.442 e. The van der Waals surface area contributed by atoms with Crippen molar-refractivity contribution in [1.29, 1.82) is 0 Å². The Bertz CT molecular complexity index is 1270. The molecule has 0 bridgehead atoms. The van der Waals surface area contributed by atoms with E-state index in [0.717, 1.165) is 84.6 Å². The van der Waals surface area contributed by atoms with Crippen LogP contribution in [0.3, 0.4) is 0 Å². The van der Waals surface area contributed by atoms with Crippen molar-refractivity contribution in [2.75, 3.05) is 50.6 Å². The van der Waals surface area contributed by atoms with Crippen molar-refractivity contribution in [2.45, 2.75) is 25.3 Å². The summed E-state index contributed by atoms with van der Waals surface area (Å²) < 4.78 is 12.8.